The van der Waals surface area contributed by atoms with Crippen LogP contribution in [0.1, 0.15) is 0 Å². The first kappa shape index (κ1) is 9.79. The van der Waals surface area contributed by atoms with Crippen LogP contribution in [0.5, 0.6) is 5.88 Å². The van der Waals surface area contributed by atoms with Gasteiger partial charge in [-0.1, -0.05) is 0 Å². The van der Waals surface area contributed by atoms with Gasteiger partial charge in [0.2, 0.25) is 5.88 Å². The summed E-state index contributed by atoms with van der Waals surface area (Å²) in [7, 11) is 1.81. The van der Waals surface area contributed by atoms with E-state index in [2.05, 4.69) is 15.3 Å². The largest absolute Gasteiger partial charge is 0.474 e. The van der Waals surface area contributed by atoms with Crippen molar-refractivity contribution in [2.45, 2.75) is 0 Å². The summed E-state index contributed by atoms with van der Waals surface area (Å²) in [5, 5.41) is 12.7. The number of ether oxygens (including phenoxy) is 1. The number of hydrogen-bond acceptors (Lipinski definition) is 4. The van der Waals surface area contributed by atoms with Crippen molar-refractivity contribution in [2.75, 3.05) is 25.6 Å². The summed E-state index contributed by atoms with van der Waals surface area (Å²) in [5.74, 6) is 0.501. The lowest BCUT2D eigenvalue weighted by Crippen LogP contribution is -2.05. The quantitative estimate of drug-likeness (QED) is 0.698. The Hall–Kier alpha value is -1.75. The molecule has 15 heavy (non-hydrogen) atoms. The molecular weight excluding hydrogens is 194 g/mol. The van der Waals surface area contributed by atoms with Gasteiger partial charge in [0.1, 0.15) is 12.3 Å². The summed E-state index contributed by atoms with van der Waals surface area (Å²) in [6.45, 7) is 0.224. The molecule has 0 atom stereocenters. The van der Waals surface area contributed by atoms with E-state index in [0.29, 0.717) is 5.88 Å². The molecule has 0 unspecified atom stereocenters. The molecule has 0 saturated carbocycles. The minimum Gasteiger partial charge on any atom is -0.474 e. The number of aliphatic hydroxyl groups excluding tert-OH is 1. The van der Waals surface area contributed by atoms with Gasteiger partial charge < -0.3 is 20.1 Å². The van der Waals surface area contributed by atoms with Crippen LogP contribution in [0.3, 0.4) is 0 Å². The van der Waals surface area contributed by atoms with Crippen LogP contribution in [0.15, 0.2) is 18.3 Å². The minimum absolute atomic E-state index is 0.0202. The maximum absolute atomic E-state index is 8.68. The maximum atomic E-state index is 8.68. The Balaban J connectivity index is 2.40. The van der Waals surface area contributed by atoms with E-state index >= 15 is 0 Å². The number of aromatic amines is 1. The van der Waals surface area contributed by atoms with Gasteiger partial charge >= 0.3 is 0 Å². The minimum atomic E-state index is -0.0202. The van der Waals surface area contributed by atoms with Crippen molar-refractivity contribution in [3.8, 4) is 5.88 Å². The SMILES string of the molecule is CNc1cc2cc[nH]c2nc1OCCO. The molecule has 2 rings (SSSR count). The molecule has 0 amide bonds. The lowest BCUT2D eigenvalue weighted by Gasteiger charge is -2.08. The number of pyridine rings is 1. The zero-order chi connectivity index (χ0) is 10.7. The van der Waals surface area contributed by atoms with Crippen LogP contribution in [-0.2, 0) is 0 Å². The second-order valence-electron chi connectivity index (χ2n) is 3.08. The third kappa shape index (κ3) is 1.87. The number of aliphatic hydroxyl groups is 1. The van der Waals surface area contributed by atoms with Gasteiger partial charge in [-0.2, -0.15) is 4.98 Å². The molecule has 2 heterocycles. The average molecular weight is 207 g/mol. The maximum Gasteiger partial charge on any atom is 0.239 e. The highest BCUT2D eigenvalue weighted by Crippen LogP contribution is 2.25. The number of fused-ring (bicyclic) bond motifs is 1. The molecule has 0 bridgehead atoms. The van der Waals surface area contributed by atoms with Crippen LogP contribution < -0.4 is 10.1 Å². The molecule has 0 aliphatic carbocycles. The van der Waals surface area contributed by atoms with E-state index < -0.39 is 0 Å². The first-order chi connectivity index (χ1) is 7.35. The summed E-state index contributed by atoms with van der Waals surface area (Å²) in [4.78, 5) is 7.30. The van der Waals surface area contributed by atoms with E-state index in [1.807, 2.05) is 18.3 Å². The van der Waals surface area contributed by atoms with Crippen molar-refractivity contribution in [3.05, 3.63) is 18.3 Å². The highest BCUT2D eigenvalue weighted by Gasteiger charge is 2.07. The average Bonchev–Trinajstić information content (AvgIpc) is 2.71. The molecule has 80 valence electrons. The van der Waals surface area contributed by atoms with Crippen molar-refractivity contribution in [2.24, 2.45) is 0 Å². The van der Waals surface area contributed by atoms with E-state index in [1.165, 1.54) is 0 Å². The van der Waals surface area contributed by atoms with Crippen LogP contribution in [0.4, 0.5) is 5.69 Å². The zero-order valence-corrected chi connectivity index (χ0v) is 8.45. The number of rotatable bonds is 4. The fourth-order valence-corrected chi connectivity index (χ4v) is 1.40. The monoisotopic (exact) mass is 207 g/mol. The van der Waals surface area contributed by atoms with Crippen molar-refractivity contribution < 1.29 is 9.84 Å². The van der Waals surface area contributed by atoms with Gasteiger partial charge in [0.25, 0.3) is 0 Å². The zero-order valence-electron chi connectivity index (χ0n) is 8.45. The molecule has 2 aromatic heterocycles. The predicted molar refractivity (Wildman–Crippen MR) is 58.2 cm³/mol. The Labute approximate surface area is 87.1 Å². The molecule has 0 saturated heterocycles. The number of anilines is 1. The van der Waals surface area contributed by atoms with E-state index in [0.717, 1.165) is 16.7 Å². The van der Waals surface area contributed by atoms with Crippen LogP contribution in [0.25, 0.3) is 11.0 Å². The van der Waals surface area contributed by atoms with Gasteiger partial charge in [-0.25, -0.2) is 0 Å². The first-order valence-corrected chi connectivity index (χ1v) is 4.74. The highest BCUT2D eigenvalue weighted by atomic mass is 16.5. The molecule has 0 aliphatic heterocycles. The van der Waals surface area contributed by atoms with Crippen molar-refractivity contribution in [1.29, 1.82) is 0 Å². The van der Waals surface area contributed by atoms with Crippen molar-refractivity contribution >= 4 is 16.7 Å². The van der Waals surface area contributed by atoms with E-state index in [4.69, 9.17) is 9.84 Å². The Morgan fingerprint density at radius 2 is 2.47 bits per heavy atom. The lowest BCUT2D eigenvalue weighted by atomic mass is 10.3. The summed E-state index contributed by atoms with van der Waals surface area (Å²) >= 11 is 0. The molecule has 0 aromatic carbocycles. The standard InChI is InChI=1S/C10H13N3O2/c1-11-8-6-7-2-3-12-9(7)13-10(8)15-5-4-14/h2-3,6,11,14H,4-5H2,1H3,(H,12,13). The Morgan fingerprint density at radius 3 is 3.20 bits per heavy atom. The second kappa shape index (κ2) is 4.18. The molecule has 3 N–H and O–H groups in total. The molecule has 0 aliphatic rings. The molecule has 0 spiro atoms. The number of aromatic nitrogens is 2. The van der Waals surface area contributed by atoms with Crippen LogP contribution >= 0.6 is 0 Å². The summed E-state index contributed by atoms with van der Waals surface area (Å²) < 4.78 is 5.31. The molecular formula is C10H13N3O2. The highest BCUT2D eigenvalue weighted by molar-refractivity contribution is 5.81. The van der Waals surface area contributed by atoms with Crippen LogP contribution in [0.2, 0.25) is 0 Å². The van der Waals surface area contributed by atoms with Crippen LogP contribution in [0, 0.1) is 0 Å². The van der Waals surface area contributed by atoms with Gasteiger partial charge in [0.05, 0.1) is 12.3 Å². The molecule has 5 nitrogen and oxygen atoms in total. The summed E-state index contributed by atoms with van der Waals surface area (Å²) in [5.41, 5.74) is 1.59. The van der Waals surface area contributed by atoms with E-state index in [9.17, 15) is 0 Å². The molecule has 2 aromatic rings. The van der Waals surface area contributed by atoms with E-state index in [1.54, 1.807) is 7.05 Å². The Morgan fingerprint density at radius 1 is 1.60 bits per heavy atom. The smallest absolute Gasteiger partial charge is 0.239 e. The predicted octanol–water partition coefficient (Wildman–Crippen LogP) is 0.976. The summed E-state index contributed by atoms with van der Waals surface area (Å²) in [6.07, 6.45) is 1.83. The fourth-order valence-electron chi connectivity index (χ4n) is 1.40. The van der Waals surface area contributed by atoms with Gasteiger partial charge in [-0.05, 0) is 12.1 Å². The number of nitrogens with zero attached hydrogens (tertiary/aromatic N) is 1. The second-order valence-corrected chi connectivity index (χ2v) is 3.08. The topological polar surface area (TPSA) is 70.2 Å². The molecule has 0 fully saturated rings. The van der Waals surface area contributed by atoms with Gasteiger partial charge in [0.15, 0.2) is 0 Å². The third-order valence-corrected chi connectivity index (χ3v) is 2.10. The van der Waals surface area contributed by atoms with Gasteiger partial charge in [-0.3, -0.25) is 0 Å². The number of hydrogen-bond donors (Lipinski definition) is 3. The normalized spacial score (nSPS) is 10.5. The first-order valence-electron chi connectivity index (χ1n) is 4.74. The fraction of sp³-hybridized carbons (Fsp3) is 0.300. The van der Waals surface area contributed by atoms with Crippen LogP contribution in [-0.4, -0.2) is 35.3 Å². The number of H-pyrrole nitrogens is 1. The molecule has 5 heteroatoms. The van der Waals surface area contributed by atoms with Crippen molar-refractivity contribution in [3.63, 3.8) is 0 Å². The Kier molecular flexibility index (Phi) is 2.73. The van der Waals surface area contributed by atoms with Gasteiger partial charge in [0, 0.05) is 18.6 Å². The number of nitrogens with one attached hydrogen (secondary N) is 2. The molecule has 0 radical (unpaired) electrons. The third-order valence-electron chi connectivity index (χ3n) is 2.10. The summed E-state index contributed by atoms with van der Waals surface area (Å²) in [6, 6.07) is 3.89. The van der Waals surface area contributed by atoms with E-state index in [-0.39, 0.29) is 13.2 Å². The Bertz CT molecular complexity index is 453. The lowest BCUT2D eigenvalue weighted by molar-refractivity contribution is 0.198. The van der Waals surface area contributed by atoms with Gasteiger partial charge in [-0.15, -0.1) is 0 Å². The van der Waals surface area contributed by atoms with Crippen molar-refractivity contribution in [1.82, 2.24) is 9.97 Å².